The summed E-state index contributed by atoms with van der Waals surface area (Å²) < 4.78 is 0.760. The van der Waals surface area contributed by atoms with Gasteiger partial charge in [0.05, 0.1) is 0 Å². The van der Waals surface area contributed by atoms with Crippen molar-refractivity contribution in [2.45, 2.75) is 19.8 Å². The number of hydrogen-bond donors (Lipinski definition) is 2. The van der Waals surface area contributed by atoms with Gasteiger partial charge in [0.1, 0.15) is 5.75 Å². The zero-order valence-electron chi connectivity index (χ0n) is 7.75. The lowest BCUT2D eigenvalue weighted by Crippen LogP contribution is -1.98. The van der Waals surface area contributed by atoms with Crippen molar-refractivity contribution in [1.29, 1.82) is 0 Å². The Morgan fingerprint density at radius 3 is 2.64 bits per heavy atom. The molecule has 0 radical (unpaired) electrons. The number of phenolic OH excluding ortho intramolecular Hbond substituents is 1. The largest absolute Gasteiger partial charge is 0.508 e. The minimum Gasteiger partial charge on any atom is -0.508 e. The number of aliphatic carboxylic acids is 1. The molecule has 0 aliphatic rings. The fourth-order valence-corrected chi connectivity index (χ4v) is 2.00. The van der Waals surface area contributed by atoms with Crippen molar-refractivity contribution in [2.24, 2.45) is 0 Å². The van der Waals surface area contributed by atoms with Gasteiger partial charge in [-0.2, -0.15) is 0 Å². The minimum absolute atomic E-state index is 0.0230. The highest BCUT2D eigenvalue weighted by molar-refractivity contribution is 9.10. The van der Waals surface area contributed by atoms with Crippen LogP contribution in [0.3, 0.4) is 0 Å². The molecule has 1 aromatic rings. The summed E-state index contributed by atoms with van der Waals surface area (Å²) in [6.07, 6.45) is 0.358. The van der Waals surface area contributed by atoms with E-state index in [1.807, 2.05) is 13.0 Å². The number of carbonyl (C=O) groups is 1. The monoisotopic (exact) mass is 258 g/mol. The summed E-state index contributed by atoms with van der Waals surface area (Å²) in [5.74, 6) is -0.713. The average molecular weight is 259 g/mol. The lowest BCUT2D eigenvalue weighted by molar-refractivity contribution is -0.136. The van der Waals surface area contributed by atoms with Gasteiger partial charge in [0.25, 0.3) is 0 Å². The Bertz CT molecular complexity index is 337. The van der Waals surface area contributed by atoms with E-state index in [4.69, 9.17) is 5.11 Å². The van der Waals surface area contributed by atoms with E-state index < -0.39 is 5.97 Å². The van der Waals surface area contributed by atoms with E-state index in [0.717, 1.165) is 10.0 Å². The van der Waals surface area contributed by atoms with Crippen molar-refractivity contribution in [2.75, 3.05) is 0 Å². The third kappa shape index (κ3) is 2.73. The van der Waals surface area contributed by atoms with E-state index in [1.165, 1.54) is 0 Å². The number of carboxylic acids is 1. The number of aromatic hydroxyl groups is 1. The molecule has 2 N–H and O–H groups in total. The summed E-state index contributed by atoms with van der Waals surface area (Å²) >= 11 is 3.30. The number of hydrogen-bond acceptors (Lipinski definition) is 2. The number of carboxylic acid groups (broad SMARTS) is 1. The second kappa shape index (κ2) is 4.46. The Morgan fingerprint density at radius 2 is 2.14 bits per heavy atom. The lowest BCUT2D eigenvalue weighted by atomic mass is 10.1. The topological polar surface area (TPSA) is 57.5 Å². The van der Waals surface area contributed by atoms with Crippen LogP contribution in [0.25, 0.3) is 0 Å². The Kier molecular flexibility index (Phi) is 3.52. The molecule has 0 atom stereocenters. The van der Waals surface area contributed by atoms with Gasteiger partial charge < -0.3 is 10.2 Å². The molecule has 14 heavy (non-hydrogen) atoms. The smallest absolute Gasteiger partial charge is 0.303 e. The molecule has 0 aromatic heterocycles. The lowest BCUT2D eigenvalue weighted by Gasteiger charge is -2.07. The van der Waals surface area contributed by atoms with Crippen LogP contribution in [0.2, 0.25) is 0 Å². The molecule has 0 saturated carbocycles. The van der Waals surface area contributed by atoms with E-state index in [0.29, 0.717) is 12.0 Å². The first kappa shape index (κ1) is 11.0. The summed E-state index contributed by atoms with van der Waals surface area (Å²) in [5.41, 5.74) is 1.59. The van der Waals surface area contributed by atoms with Crippen LogP contribution in [0.1, 0.15) is 17.5 Å². The SMILES string of the molecule is Cc1cc(O)c(CCC(=O)O)c(Br)c1. The Balaban J connectivity index is 2.91. The Hall–Kier alpha value is -1.03. The molecule has 0 bridgehead atoms. The Labute approximate surface area is 90.5 Å². The van der Waals surface area contributed by atoms with Crippen LogP contribution in [-0.2, 0) is 11.2 Å². The van der Waals surface area contributed by atoms with E-state index in [2.05, 4.69) is 15.9 Å². The molecule has 0 amide bonds. The van der Waals surface area contributed by atoms with Gasteiger partial charge in [-0.3, -0.25) is 4.79 Å². The molecular formula is C10H11BrO3. The summed E-state index contributed by atoms with van der Waals surface area (Å²) in [7, 11) is 0. The van der Waals surface area contributed by atoms with E-state index in [9.17, 15) is 9.90 Å². The molecule has 0 aliphatic heterocycles. The van der Waals surface area contributed by atoms with Gasteiger partial charge in [-0.15, -0.1) is 0 Å². The highest BCUT2D eigenvalue weighted by Gasteiger charge is 2.08. The predicted molar refractivity (Wildman–Crippen MR) is 56.5 cm³/mol. The molecule has 0 fully saturated rings. The second-order valence-corrected chi connectivity index (χ2v) is 3.99. The molecule has 0 saturated heterocycles. The number of aryl methyl sites for hydroxylation is 1. The molecule has 0 aliphatic carbocycles. The van der Waals surface area contributed by atoms with Crippen molar-refractivity contribution in [3.8, 4) is 5.75 Å². The maximum Gasteiger partial charge on any atom is 0.303 e. The average Bonchev–Trinajstić information content (AvgIpc) is 2.01. The maximum atomic E-state index is 10.4. The van der Waals surface area contributed by atoms with Crippen molar-refractivity contribution in [1.82, 2.24) is 0 Å². The van der Waals surface area contributed by atoms with Gasteiger partial charge in [-0.25, -0.2) is 0 Å². The highest BCUT2D eigenvalue weighted by atomic mass is 79.9. The zero-order chi connectivity index (χ0) is 10.7. The van der Waals surface area contributed by atoms with E-state index in [1.54, 1.807) is 6.07 Å². The second-order valence-electron chi connectivity index (χ2n) is 3.14. The zero-order valence-corrected chi connectivity index (χ0v) is 9.34. The summed E-state index contributed by atoms with van der Waals surface area (Å²) in [4.78, 5) is 10.4. The molecule has 4 heteroatoms. The fourth-order valence-electron chi connectivity index (χ4n) is 1.23. The van der Waals surface area contributed by atoms with Crippen LogP contribution in [0.5, 0.6) is 5.75 Å². The van der Waals surface area contributed by atoms with Crippen molar-refractivity contribution in [3.63, 3.8) is 0 Å². The molecule has 1 rings (SSSR count). The number of benzene rings is 1. The van der Waals surface area contributed by atoms with Gasteiger partial charge >= 0.3 is 5.97 Å². The third-order valence-corrected chi connectivity index (χ3v) is 2.61. The summed E-state index contributed by atoms with van der Waals surface area (Å²) in [5, 5.41) is 18.1. The van der Waals surface area contributed by atoms with Gasteiger partial charge in [-0.1, -0.05) is 15.9 Å². The molecular weight excluding hydrogens is 248 g/mol. The van der Waals surface area contributed by atoms with Gasteiger partial charge in [0.2, 0.25) is 0 Å². The highest BCUT2D eigenvalue weighted by Crippen LogP contribution is 2.28. The van der Waals surface area contributed by atoms with Gasteiger partial charge in [0, 0.05) is 16.5 Å². The van der Waals surface area contributed by atoms with E-state index >= 15 is 0 Å². The molecule has 0 spiro atoms. The van der Waals surface area contributed by atoms with Crippen LogP contribution in [0, 0.1) is 6.92 Å². The predicted octanol–water partition coefficient (Wildman–Crippen LogP) is 2.48. The van der Waals surface area contributed by atoms with Gasteiger partial charge in [0.15, 0.2) is 0 Å². The van der Waals surface area contributed by atoms with Crippen molar-refractivity contribution >= 4 is 21.9 Å². The number of halogens is 1. The maximum absolute atomic E-state index is 10.4. The normalized spacial score (nSPS) is 10.1. The molecule has 0 heterocycles. The molecule has 76 valence electrons. The molecule has 3 nitrogen and oxygen atoms in total. The third-order valence-electron chi connectivity index (χ3n) is 1.91. The van der Waals surface area contributed by atoms with Crippen molar-refractivity contribution in [3.05, 3.63) is 27.7 Å². The van der Waals surface area contributed by atoms with E-state index in [-0.39, 0.29) is 12.2 Å². The van der Waals surface area contributed by atoms with Gasteiger partial charge in [-0.05, 0) is 31.0 Å². The standard InChI is InChI=1S/C10H11BrO3/c1-6-4-8(11)7(9(12)5-6)2-3-10(13)14/h4-5,12H,2-3H2,1H3,(H,13,14). The van der Waals surface area contributed by atoms with Crippen molar-refractivity contribution < 1.29 is 15.0 Å². The number of rotatable bonds is 3. The summed E-state index contributed by atoms with van der Waals surface area (Å²) in [6, 6.07) is 3.48. The Morgan fingerprint density at radius 1 is 1.50 bits per heavy atom. The number of phenols is 1. The van der Waals surface area contributed by atoms with Crippen LogP contribution < -0.4 is 0 Å². The first-order chi connectivity index (χ1) is 6.50. The summed E-state index contributed by atoms with van der Waals surface area (Å²) in [6.45, 7) is 1.87. The van der Waals surface area contributed by atoms with Crippen LogP contribution in [0.15, 0.2) is 16.6 Å². The first-order valence-corrected chi connectivity index (χ1v) is 5.00. The fraction of sp³-hybridized carbons (Fsp3) is 0.300. The minimum atomic E-state index is -0.864. The molecule has 0 unspecified atom stereocenters. The van der Waals surface area contributed by atoms with Crippen LogP contribution in [-0.4, -0.2) is 16.2 Å². The first-order valence-electron chi connectivity index (χ1n) is 4.20. The van der Waals surface area contributed by atoms with Crippen LogP contribution >= 0.6 is 15.9 Å². The van der Waals surface area contributed by atoms with Crippen LogP contribution in [0.4, 0.5) is 0 Å². The quantitative estimate of drug-likeness (QED) is 0.876. The molecule has 1 aromatic carbocycles.